The molecule has 0 atom stereocenters. The zero-order valence-electron chi connectivity index (χ0n) is 15.2. The number of rotatable bonds is 5. The number of halogens is 1. The molecule has 27 heavy (non-hydrogen) atoms. The van der Waals surface area contributed by atoms with E-state index < -0.39 is 0 Å². The summed E-state index contributed by atoms with van der Waals surface area (Å²) < 4.78 is 0. The first-order valence-electron chi connectivity index (χ1n) is 9.50. The average molecular weight is 379 g/mol. The predicted octanol–water partition coefficient (Wildman–Crippen LogP) is 6.29. The first-order chi connectivity index (χ1) is 13.3. The maximum atomic E-state index is 6.30. The van der Waals surface area contributed by atoms with Crippen molar-refractivity contribution in [3.63, 3.8) is 0 Å². The number of benzene rings is 2. The van der Waals surface area contributed by atoms with E-state index >= 15 is 0 Å². The molecule has 0 unspecified atom stereocenters. The van der Waals surface area contributed by atoms with Crippen LogP contribution in [0, 0.1) is 0 Å². The number of nitrogens with one attached hydrogen (secondary N) is 2. The normalized spacial score (nSPS) is 14.7. The lowest BCUT2D eigenvalue weighted by Gasteiger charge is -2.23. The molecule has 0 spiro atoms. The molecule has 1 aromatic heterocycles. The van der Waals surface area contributed by atoms with E-state index in [0.717, 1.165) is 22.8 Å². The molecular formula is C22H23ClN4. The molecule has 0 aliphatic heterocycles. The van der Waals surface area contributed by atoms with Crippen LogP contribution in [0.4, 0.5) is 17.5 Å². The Morgan fingerprint density at radius 2 is 1.59 bits per heavy atom. The van der Waals surface area contributed by atoms with Gasteiger partial charge in [0.25, 0.3) is 0 Å². The van der Waals surface area contributed by atoms with Crippen molar-refractivity contribution in [3.8, 4) is 11.3 Å². The molecule has 138 valence electrons. The van der Waals surface area contributed by atoms with Crippen LogP contribution in [0.25, 0.3) is 11.3 Å². The fourth-order valence-electron chi connectivity index (χ4n) is 3.46. The van der Waals surface area contributed by atoms with Gasteiger partial charge in [0.1, 0.15) is 5.82 Å². The van der Waals surface area contributed by atoms with Gasteiger partial charge in [0.15, 0.2) is 0 Å². The zero-order chi connectivity index (χ0) is 18.5. The van der Waals surface area contributed by atoms with E-state index in [-0.39, 0.29) is 0 Å². The molecule has 2 N–H and O–H groups in total. The summed E-state index contributed by atoms with van der Waals surface area (Å²) in [5, 5.41) is 7.54. The van der Waals surface area contributed by atoms with Crippen molar-refractivity contribution < 1.29 is 0 Å². The molecule has 2 aromatic carbocycles. The Morgan fingerprint density at radius 3 is 2.37 bits per heavy atom. The second-order valence-electron chi connectivity index (χ2n) is 6.91. The summed E-state index contributed by atoms with van der Waals surface area (Å²) in [6.45, 7) is 0. The molecule has 1 aliphatic carbocycles. The van der Waals surface area contributed by atoms with Gasteiger partial charge in [-0.05, 0) is 25.0 Å². The Balaban J connectivity index is 1.66. The lowest BCUT2D eigenvalue weighted by molar-refractivity contribution is 0.461. The van der Waals surface area contributed by atoms with Crippen LogP contribution >= 0.6 is 11.6 Å². The van der Waals surface area contributed by atoms with Gasteiger partial charge in [-0.25, -0.2) is 4.98 Å². The van der Waals surface area contributed by atoms with Crippen molar-refractivity contribution in [1.29, 1.82) is 0 Å². The van der Waals surface area contributed by atoms with Crippen LogP contribution < -0.4 is 10.6 Å². The molecule has 4 nitrogen and oxygen atoms in total. The van der Waals surface area contributed by atoms with Crippen LogP contribution in [-0.2, 0) is 0 Å². The largest absolute Gasteiger partial charge is 0.351 e. The van der Waals surface area contributed by atoms with Gasteiger partial charge in [0.2, 0.25) is 5.95 Å². The van der Waals surface area contributed by atoms with Gasteiger partial charge >= 0.3 is 0 Å². The topological polar surface area (TPSA) is 49.8 Å². The summed E-state index contributed by atoms with van der Waals surface area (Å²) in [6.07, 6.45) is 6.20. The zero-order valence-corrected chi connectivity index (χ0v) is 15.9. The summed E-state index contributed by atoms with van der Waals surface area (Å²) in [4.78, 5) is 9.46. The minimum absolute atomic E-state index is 0.443. The highest BCUT2D eigenvalue weighted by Crippen LogP contribution is 2.28. The van der Waals surface area contributed by atoms with Gasteiger partial charge in [0.05, 0.1) is 16.4 Å². The van der Waals surface area contributed by atoms with E-state index in [1.807, 2.05) is 48.5 Å². The maximum Gasteiger partial charge on any atom is 0.225 e. The van der Waals surface area contributed by atoms with Gasteiger partial charge < -0.3 is 10.6 Å². The molecule has 0 radical (unpaired) electrons. The van der Waals surface area contributed by atoms with E-state index in [2.05, 4.69) is 22.8 Å². The highest BCUT2D eigenvalue weighted by molar-refractivity contribution is 6.33. The van der Waals surface area contributed by atoms with Crippen LogP contribution in [-0.4, -0.2) is 16.0 Å². The quantitative estimate of drug-likeness (QED) is 0.548. The third kappa shape index (κ3) is 4.58. The summed E-state index contributed by atoms with van der Waals surface area (Å²) in [5.41, 5.74) is 2.78. The fraction of sp³-hybridized carbons (Fsp3) is 0.273. The van der Waals surface area contributed by atoms with Crippen molar-refractivity contribution in [2.45, 2.75) is 38.1 Å². The van der Waals surface area contributed by atoms with E-state index in [9.17, 15) is 0 Å². The van der Waals surface area contributed by atoms with Crippen LogP contribution in [0.2, 0.25) is 5.02 Å². The molecule has 0 saturated heterocycles. The molecule has 1 aliphatic rings. The molecule has 1 saturated carbocycles. The Kier molecular flexibility index (Phi) is 5.54. The lowest BCUT2D eigenvalue weighted by Crippen LogP contribution is -2.23. The molecule has 1 fully saturated rings. The molecule has 1 heterocycles. The Bertz CT molecular complexity index is 892. The van der Waals surface area contributed by atoms with E-state index in [1.165, 1.54) is 32.1 Å². The van der Waals surface area contributed by atoms with Crippen LogP contribution in [0.5, 0.6) is 0 Å². The maximum absolute atomic E-state index is 6.30. The van der Waals surface area contributed by atoms with Gasteiger partial charge in [-0.1, -0.05) is 73.3 Å². The number of hydrogen-bond donors (Lipinski definition) is 2. The molecule has 3 aromatic rings. The third-order valence-corrected chi connectivity index (χ3v) is 5.20. The van der Waals surface area contributed by atoms with Crippen molar-refractivity contribution in [2.24, 2.45) is 0 Å². The van der Waals surface area contributed by atoms with Crippen LogP contribution in [0.3, 0.4) is 0 Å². The predicted molar refractivity (Wildman–Crippen MR) is 113 cm³/mol. The first-order valence-corrected chi connectivity index (χ1v) is 9.88. The number of hydrogen-bond acceptors (Lipinski definition) is 4. The first kappa shape index (κ1) is 17.8. The van der Waals surface area contributed by atoms with E-state index in [1.54, 1.807) is 0 Å². The molecule has 0 bridgehead atoms. The van der Waals surface area contributed by atoms with E-state index in [0.29, 0.717) is 17.0 Å². The standard InChI is InChI=1S/C22H23ClN4/c23-18-13-7-8-14-19(18)25-21-15-20(16-9-3-1-4-10-16)26-22(27-21)24-17-11-5-2-6-12-17/h1,3-4,7-10,13-15,17H,2,5-6,11-12H2,(H2,24,25,26,27). The minimum atomic E-state index is 0.443. The number of para-hydroxylation sites is 1. The van der Waals surface area contributed by atoms with Crippen molar-refractivity contribution >= 4 is 29.1 Å². The minimum Gasteiger partial charge on any atom is -0.351 e. The Hall–Kier alpha value is -2.59. The Morgan fingerprint density at radius 1 is 0.852 bits per heavy atom. The molecular weight excluding hydrogens is 356 g/mol. The molecule has 0 amide bonds. The average Bonchev–Trinajstić information content (AvgIpc) is 2.71. The van der Waals surface area contributed by atoms with Crippen molar-refractivity contribution in [1.82, 2.24) is 9.97 Å². The second kappa shape index (κ2) is 8.40. The SMILES string of the molecule is Clc1ccccc1Nc1cc(-c2ccccc2)nc(NC2CCCCC2)n1. The summed E-state index contributed by atoms with van der Waals surface area (Å²) >= 11 is 6.30. The summed E-state index contributed by atoms with van der Waals surface area (Å²) in [6, 6.07) is 20.3. The smallest absolute Gasteiger partial charge is 0.225 e. The van der Waals surface area contributed by atoms with Crippen LogP contribution in [0.15, 0.2) is 60.7 Å². The van der Waals surface area contributed by atoms with E-state index in [4.69, 9.17) is 21.6 Å². The van der Waals surface area contributed by atoms with Crippen LogP contribution in [0.1, 0.15) is 32.1 Å². The summed E-state index contributed by atoms with van der Waals surface area (Å²) in [7, 11) is 0. The lowest BCUT2D eigenvalue weighted by atomic mass is 9.96. The second-order valence-corrected chi connectivity index (χ2v) is 7.32. The van der Waals surface area contributed by atoms with Gasteiger partial charge in [-0.3, -0.25) is 0 Å². The van der Waals surface area contributed by atoms with Gasteiger partial charge in [0, 0.05) is 17.7 Å². The third-order valence-electron chi connectivity index (χ3n) is 4.87. The fourth-order valence-corrected chi connectivity index (χ4v) is 3.65. The highest BCUT2D eigenvalue weighted by atomic mass is 35.5. The number of anilines is 3. The monoisotopic (exact) mass is 378 g/mol. The number of aromatic nitrogens is 2. The molecule has 5 heteroatoms. The van der Waals surface area contributed by atoms with Gasteiger partial charge in [-0.2, -0.15) is 4.98 Å². The summed E-state index contributed by atoms with van der Waals surface area (Å²) in [5.74, 6) is 1.40. The van der Waals surface area contributed by atoms with Crippen molar-refractivity contribution in [3.05, 3.63) is 65.7 Å². The highest BCUT2D eigenvalue weighted by Gasteiger charge is 2.15. The Labute approximate surface area is 165 Å². The van der Waals surface area contributed by atoms with Crippen molar-refractivity contribution in [2.75, 3.05) is 10.6 Å². The van der Waals surface area contributed by atoms with Gasteiger partial charge in [-0.15, -0.1) is 0 Å². The molecule has 4 rings (SSSR count). The number of nitrogens with zero attached hydrogens (tertiary/aromatic N) is 2.